The fourth-order valence-electron chi connectivity index (χ4n) is 3.56. The summed E-state index contributed by atoms with van der Waals surface area (Å²) in [6, 6.07) is 9.05. The van der Waals surface area contributed by atoms with Gasteiger partial charge in [0.15, 0.2) is 11.5 Å². The van der Waals surface area contributed by atoms with E-state index in [2.05, 4.69) is 31.4 Å². The maximum absolute atomic E-state index is 12.5. The van der Waals surface area contributed by atoms with Crippen molar-refractivity contribution in [1.82, 2.24) is 26.0 Å². The van der Waals surface area contributed by atoms with Gasteiger partial charge in [0.1, 0.15) is 17.1 Å². The van der Waals surface area contributed by atoms with E-state index in [1.165, 1.54) is 0 Å². The lowest BCUT2D eigenvalue weighted by molar-refractivity contribution is -0.116. The number of hydrogen-bond donors (Lipinski definition) is 4. The summed E-state index contributed by atoms with van der Waals surface area (Å²) in [5.74, 6) is 1.91. The third-order valence-electron chi connectivity index (χ3n) is 5.31. The summed E-state index contributed by atoms with van der Waals surface area (Å²) in [6.07, 6.45) is 0.331. The molecule has 0 radical (unpaired) electrons. The van der Waals surface area contributed by atoms with Gasteiger partial charge in [-0.15, -0.1) is 0 Å². The van der Waals surface area contributed by atoms with Gasteiger partial charge in [0, 0.05) is 37.2 Å². The van der Waals surface area contributed by atoms with Gasteiger partial charge in [-0.2, -0.15) is 15.4 Å². The van der Waals surface area contributed by atoms with E-state index < -0.39 is 0 Å². The van der Waals surface area contributed by atoms with E-state index in [0.29, 0.717) is 53.0 Å². The zero-order valence-electron chi connectivity index (χ0n) is 20.7. The molecule has 11 heteroatoms. The molecule has 0 atom stereocenters. The number of benzene rings is 2. The Morgan fingerprint density at radius 2 is 1.49 bits per heavy atom. The number of ether oxygens (including phenoxy) is 4. The number of nitrogens with one attached hydrogen (secondary N) is 4. The zero-order valence-corrected chi connectivity index (χ0v) is 20.7. The van der Waals surface area contributed by atoms with Crippen molar-refractivity contribution >= 4 is 11.6 Å². The molecule has 11 nitrogen and oxygen atoms in total. The Morgan fingerprint density at radius 1 is 0.829 bits per heavy atom. The number of likely N-dealkylation sites (N-methyl/N-ethyl adjacent to an activating group) is 1. The van der Waals surface area contributed by atoms with Crippen LogP contribution in [0.2, 0.25) is 0 Å². The van der Waals surface area contributed by atoms with Crippen molar-refractivity contribution in [2.45, 2.75) is 6.42 Å². The summed E-state index contributed by atoms with van der Waals surface area (Å²) in [6.45, 7) is 2.20. The third kappa shape index (κ3) is 6.19. The van der Waals surface area contributed by atoms with Crippen LogP contribution in [-0.4, -0.2) is 76.4 Å². The topological polar surface area (TPSA) is 132 Å². The Labute approximate surface area is 204 Å². The molecule has 0 saturated heterocycles. The van der Waals surface area contributed by atoms with Crippen LogP contribution >= 0.6 is 0 Å². The van der Waals surface area contributed by atoms with Gasteiger partial charge in [0.05, 0.1) is 34.1 Å². The van der Waals surface area contributed by atoms with Crippen LogP contribution < -0.4 is 34.9 Å². The predicted molar refractivity (Wildman–Crippen MR) is 134 cm³/mol. The summed E-state index contributed by atoms with van der Waals surface area (Å²) >= 11 is 0. The maximum atomic E-state index is 12.5. The van der Waals surface area contributed by atoms with Gasteiger partial charge in [0.2, 0.25) is 11.7 Å². The lowest BCUT2D eigenvalue weighted by Gasteiger charge is -2.14. The summed E-state index contributed by atoms with van der Waals surface area (Å²) in [5, 5.41) is 20.6. The highest BCUT2D eigenvalue weighted by Gasteiger charge is 2.20. The van der Waals surface area contributed by atoms with E-state index in [4.69, 9.17) is 18.9 Å². The maximum Gasteiger partial charge on any atom is 0.225 e. The number of methoxy groups -OCH3 is 4. The molecule has 3 aromatic rings. The molecule has 4 N–H and O–H groups in total. The van der Waals surface area contributed by atoms with Crippen molar-refractivity contribution in [2.24, 2.45) is 0 Å². The smallest absolute Gasteiger partial charge is 0.225 e. The number of rotatable bonds is 13. The quantitative estimate of drug-likeness (QED) is 0.270. The van der Waals surface area contributed by atoms with Crippen molar-refractivity contribution in [3.05, 3.63) is 30.3 Å². The molecule has 0 fully saturated rings. The van der Waals surface area contributed by atoms with Crippen molar-refractivity contribution in [3.63, 3.8) is 0 Å². The number of hydrogen-bond acceptors (Lipinski definition) is 9. The van der Waals surface area contributed by atoms with Crippen LogP contribution in [0.5, 0.6) is 23.0 Å². The third-order valence-corrected chi connectivity index (χ3v) is 5.31. The minimum atomic E-state index is -0.123. The van der Waals surface area contributed by atoms with Gasteiger partial charge in [-0.05, 0) is 37.4 Å². The molecule has 0 aliphatic rings. The Morgan fingerprint density at radius 3 is 2.09 bits per heavy atom. The van der Waals surface area contributed by atoms with E-state index in [0.717, 1.165) is 24.2 Å². The van der Waals surface area contributed by atoms with Crippen LogP contribution in [0.1, 0.15) is 6.42 Å². The van der Waals surface area contributed by atoms with Gasteiger partial charge in [-0.25, -0.2) is 0 Å². The van der Waals surface area contributed by atoms with Gasteiger partial charge in [-0.3, -0.25) is 4.79 Å². The molecular weight excluding hydrogens is 452 g/mol. The van der Waals surface area contributed by atoms with Gasteiger partial charge in [0.25, 0.3) is 0 Å². The summed E-state index contributed by atoms with van der Waals surface area (Å²) in [4.78, 5) is 12.5. The first-order valence-electron chi connectivity index (χ1n) is 11.1. The highest BCUT2D eigenvalue weighted by atomic mass is 16.5. The van der Waals surface area contributed by atoms with E-state index in [1.54, 1.807) is 46.6 Å². The van der Waals surface area contributed by atoms with Crippen molar-refractivity contribution < 1.29 is 23.7 Å². The lowest BCUT2D eigenvalue weighted by atomic mass is 10.0. The number of carbonyl (C=O) groups excluding carboxylic acids is 1. The van der Waals surface area contributed by atoms with Gasteiger partial charge < -0.3 is 34.9 Å². The molecule has 0 saturated carbocycles. The van der Waals surface area contributed by atoms with E-state index >= 15 is 0 Å². The zero-order chi connectivity index (χ0) is 25.2. The van der Waals surface area contributed by atoms with Crippen molar-refractivity contribution in [2.75, 3.05) is 60.4 Å². The molecule has 0 spiro atoms. The standard InChI is InChI=1S/C24H32N6O5/c1-25-10-11-26-9-8-21(31)27-17-12-15(6-7-18(17)32-2)22-23(29-30-28-22)16-13-19(33-3)24(35-5)20(14-16)34-4/h6-7,12-14,25-26H,8-11H2,1-5H3,(H,27,31)(H,28,29,30). The molecule has 188 valence electrons. The molecule has 0 bridgehead atoms. The second-order valence-electron chi connectivity index (χ2n) is 7.50. The summed E-state index contributed by atoms with van der Waals surface area (Å²) < 4.78 is 21.8. The van der Waals surface area contributed by atoms with Crippen molar-refractivity contribution in [3.8, 4) is 45.5 Å². The second kappa shape index (κ2) is 12.6. The van der Waals surface area contributed by atoms with E-state index in [9.17, 15) is 4.79 Å². The number of aromatic nitrogens is 3. The summed E-state index contributed by atoms with van der Waals surface area (Å²) in [5.41, 5.74) is 3.18. The number of aromatic amines is 1. The SMILES string of the molecule is CNCCNCCC(=O)Nc1cc(-c2n[nH]nc2-c2cc(OC)c(OC)c(OC)c2)ccc1OC. The predicted octanol–water partition coefficient (Wildman–Crippen LogP) is 2.31. The molecule has 0 aliphatic heterocycles. The van der Waals surface area contributed by atoms with Gasteiger partial charge >= 0.3 is 0 Å². The monoisotopic (exact) mass is 484 g/mol. The minimum Gasteiger partial charge on any atom is -0.495 e. The molecule has 1 aromatic heterocycles. The number of H-pyrrole nitrogens is 1. The van der Waals surface area contributed by atoms with Crippen LogP contribution in [0.4, 0.5) is 5.69 Å². The molecule has 35 heavy (non-hydrogen) atoms. The van der Waals surface area contributed by atoms with Crippen LogP contribution in [0.15, 0.2) is 30.3 Å². The fraction of sp³-hybridized carbons (Fsp3) is 0.375. The Hall–Kier alpha value is -3.83. The highest BCUT2D eigenvalue weighted by molar-refractivity contribution is 5.94. The number of nitrogens with zero attached hydrogens (tertiary/aromatic N) is 2. The van der Waals surface area contributed by atoms with E-state index in [1.807, 2.05) is 19.2 Å². The molecule has 3 rings (SSSR count). The highest BCUT2D eigenvalue weighted by Crippen LogP contribution is 2.42. The minimum absolute atomic E-state index is 0.123. The van der Waals surface area contributed by atoms with E-state index in [-0.39, 0.29) is 5.91 Å². The average Bonchev–Trinajstić information content (AvgIpc) is 3.37. The van der Waals surface area contributed by atoms with Crippen LogP contribution in [-0.2, 0) is 4.79 Å². The van der Waals surface area contributed by atoms with Crippen molar-refractivity contribution in [1.29, 1.82) is 0 Å². The lowest BCUT2D eigenvalue weighted by Crippen LogP contribution is -2.28. The van der Waals surface area contributed by atoms with Gasteiger partial charge in [-0.1, -0.05) is 0 Å². The normalized spacial score (nSPS) is 10.7. The number of amides is 1. The van der Waals surface area contributed by atoms with Crippen LogP contribution in [0.3, 0.4) is 0 Å². The Balaban J connectivity index is 1.89. The molecule has 0 unspecified atom stereocenters. The first-order valence-corrected chi connectivity index (χ1v) is 11.1. The first-order chi connectivity index (χ1) is 17.1. The van der Waals surface area contributed by atoms with Crippen LogP contribution in [0, 0.1) is 0 Å². The fourth-order valence-corrected chi connectivity index (χ4v) is 3.56. The second-order valence-corrected chi connectivity index (χ2v) is 7.50. The molecular formula is C24H32N6O5. The molecule has 2 aromatic carbocycles. The largest absolute Gasteiger partial charge is 0.495 e. The Kier molecular flexibility index (Phi) is 9.27. The molecule has 0 aliphatic carbocycles. The summed E-state index contributed by atoms with van der Waals surface area (Å²) in [7, 11) is 8.10. The number of carbonyl (C=O) groups is 1. The average molecular weight is 485 g/mol. The molecule has 1 amide bonds. The first kappa shape index (κ1) is 25.8. The molecule has 1 heterocycles. The number of anilines is 1. The Bertz CT molecular complexity index is 1110. The van der Waals surface area contributed by atoms with Crippen LogP contribution in [0.25, 0.3) is 22.5 Å².